The molecule has 8 nitrogen and oxygen atoms in total. The first kappa shape index (κ1) is 25.7. The summed E-state index contributed by atoms with van der Waals surface area (Å²) in [6.07, 6.45) is 0.463. The largest absolute Gasteiger partial charge is 0.490 e. The molecule has 2 aromatic rings. The molecule has 1 spiro atoms. The molecule has 11 heteroatoms. The van der Waals surface area contributed by atoms with Crippen molar-refractivity contribution in [3.05, 3.63) is 53.2 Å². The number of likely N-dealkylation sites (tertiary alicyclic amines) is 1. The molecule has 2 fully saturated rings. The maximum atomic E-state index is 12.7. The van der Waals surface area contributed by atoms with Gasteiger partial charge in [0.05, 0.1) is 25.3 Å². The van der Waals surface area contributed by atoms with Gasteiger partial charge in [-0.2, -0.15) is 13.2 Å². The molecule has 0 radical (unpaired) electrons. The van der Waals surface area contributed by atoms with Crippen LogP contribution in [0.5, 0.6) is 0 Å². The van der Waals surface area contributed by atoms with E-state index in [1.807, 2.05) is 36.9 Å². The highest BCUT2D eigenvalue weighted by molar-refractivity contribution is 5.96. The van der Waals surface area contributed by atoms with Gasteiger partial charge in [0.1, 0.15) is 17.1 Å². The maximum Gasteiger partial charge on any atom is 0.490 e. The second-order valence-electron chi connectivity index (χ2n) is 8.39. The molecular weight excluding hydrogens is 457 g/mol. The first-order valence-electron chi connectivity index (χ1n) is 10.8. The molecule has 1 atom stereocenters. The summed E-state index contributed by atoms with van der Waals surface area (Å²) in [7, 11) is 0. The highest BCUT2D eigenvalue weighted by Crippen LogP contribution is 2.42. The summed E-state index contributed by atoms with van der Waals surface area (Å²) in [6.45, 7) is 7.09. The summed E-state index contributed by atoms with van der Waals surface area (Å²) in [5.41, 5.74) is 1.61. The fraction of sp³-hybridized carbons (Fsp3) is 0.522. The molecule has 0 aromatic carbocycles. The minimum Gasteiger partial charge on any atom is -0.475 e. The van der Waals surface area contributed by atoms with Crippen molar-refractivity contribution in [2.45, 2.75) is 45.1 Å². The first-order chi connectivity index (χ1) is 16.0. The average Bonchev–Trinajstić information content (AvgIpc) is 3.32. The maximum absolute atomic E-state index is 12.7. The third-order valence-electron chi connectivity index (χ3n) is 5.95. The van der Waals surface area contributed by atoms with Crippen LogP contribution in [0.15, 0.2) is 35.0 Å². The predicted octanol–water partition coefficient (Wildman–Crippen LogP) is 3.76. The Morgan fingerprint density at radius 2 is 1.91 bits per heavy atom. The Bertz CT molecular complexity index is 986. The molecule has 1 unspecified atom stereocenters. The number of ether oxygens (including phenoxy) is 2. The zero-order chi connectivity index (χ0) is 24.9. The van der Waals surface area contributed by atoms with Crippen molar-refractivity contribution in [3.8, 4) is 0 Å². The molecule has 186 valence electrons. The lowest BCUT2D eigenvalue weighted by molar-refractivity contribution is -0.192. The van der Waals surface area contributed by atoms with E-state index in [4.69, 9.17) is 23.8 Å². The van der Waals surface area contributed by atoms with Crippen molar-refractivity contribution in [2.24, 2.45) is 5.92 Å². The van der Waals surface area contributed by atoms with E-state index in [0.29, 0.717) is 43.5 Å². The summed E-state index contributed by atoms with van der Waals surface area (Å²) >= 11 is 0. The van der Waals surface area contributed by atoms with Crippen LogP contribution in [-0.2, 0) is 20.9 Å². The SMILES string of the molecule is Cc1cc(C(=O)N2CC3(C2)OCCC3CCOCc2ccncc2)c(C)o1.O=C(O)C(F)(F)F. The Balaban J connectivity index is 0.000000406. The summed E-state index contributed by atoms with van der Waals surface area (Å²) < 4.78 is 49.1. The van der Waals surface area contributed by atoms with E-state index in [9.17, 15) is 18.0 Å². The Hall–Kier alpha value is -2.92. The van der Waals surface area contributed by atoms with E-state index in [1.165, 1.54) is 0 Å². The van der Waals surface area contributed by atoms with Crippen LogP contribution in [0, 0.1) is 19.8 Å². The van der Waals surface area contributed by atoms with Crippen molar-refractivity contribution in [1.29, 1.82) is 0 Å². The van der Waals surface area contributed by atoms with E-state index in [0.717, 1.165) is 30.8 Å². The van der Waals surface area contributed by atoms with Crippen molar-refractivity contribution >= 4 is 11.9 Å². The van der Waals surface area contributed by atoms with Gasteiger partial charge in [0.25, 0.3) is 5.91 Å². The summed E-state index contributed by atoms with van der Waals surface area (Å²) in [5.74, 6) is -0.823. The van der Waals surface area contributed by atoms with Gasteiger partial charge >= 0.3 is 12.1 Å². The van der Waals surface area contributed by atoms with Crippen LogP contribution in [0.4, 0.5) is 13.2 Å². The normalized spacial score (nSPS) is 18.9. The topological polar surface area (TPSA) is 102 Å². The molecule has 0 bridgehead atoms. The standard InChI is InChI=1S/C21H26N2O4.C2HF3O2/c1-15-11-19(16(2)27-15)20(24)23-13-21(14-23)18(6-10-26-21)5-9-25-12-17-3-7-22-8-4-17;3-2(4,5)1(6)7/h3-4,7-8,11,18H,5-6,9-10,12-14H2,1-2H3;(H,6,7). The summed E-state index contributed by atoms with van der Waals surface area (Å²) in [6, 6.07) is 5.76. The van der Waals surface area contributed by atoms with Gasteiger partial charge in [-0.25, -0.2) is 4.79 Å². The fourth-order valence-corrected chi connectivity index (χ4v) is 4.19. The fourth-order valence-electron chi connectivity index (χ4n) is 4.19. The van der Waals surface area contributed by atoms with E-state index in [-0.39, 0.29) is 11.5 Å². The number of hydrogen-bond acceptors (Lipinski definition) is 6. The van der Waals surface area contributed by atoms with Crippen molar-refractivity contribution in [3.63, 3.8) is 0 Å². The molecule has 1 N–H and O–H groups in total. The molecule has 0 saturated carbocycles. The number of rotatable bonds is 6. The molecule has 4 heterocycles. The van der Waals surface area contributed by atoms with Gasteiger partial charge in [0.2, 0.25) is 0 Å². The minimum atomic E-state index is -5.08. The van der Waals surface area contributed by atoms with E-state index < -0.39 is 12.1 Å². The van der Waals surface area contributed by atoms with Crippen LogP contribution in [0.25, 0.3) is 0 Å². The number of amides is 1. The number of nitrogens with zero attached hydrogens (tertiary/aromatic N) is 2. The van der Waals surface area contributed by atoms with E-state index in [2.05, 4.69) is 4.98 Å². The Labute approximate surface area is 194 Å². The minimum absolute atomic E-state index is 0.0400. The average molecular weight is 484 g/mol. The van der Waals surface area contributed by atoms with E-state index >= 15 is 0 Å². The zero-order valence-electron chi connectivity index (χ0n) is 18.9. The van der Waals surface area contributed by atoms with Crippen LogP contribution < -0.4 is 0 Å². The number of aliphatic carboxylic acids is 1. The Kier molecular flexibility index (Phi) is 7.98. The lowest BCUT2D eigenvalue weighted by atomic mass is 9.79. The van der Waals surface area contributed by atoms with Gasteiger partial charge in [-0.1, -0.05) is 0 Å². The van der Waals surface area contributed by atoms with Crippen molar-refractivity contribution in [2.75, 3.05) is 26.3 Å². The van der Waals surface area contributed by atoms with Crippen LogP contribution >= 0.6 is 0 Å². The first-order valence-corrected chi connectivity index (χ1v) is 10.8. The molecule has 2 aliphatic heterocycles. The van der Waals surface area contributed by atoms with Gasteiger partial charge < -0.3 is 23.9 Å². The molecule has 34 heavy (non-hydrogen) atoms. The lowest BCUT2D eigenvalue weighted by Gasteiger charge is -2.50. The third-order valence-corrected chi connectivity index (χ3v) is 5.95. The van der Waals surface area contributed by atoms with Crippen molar-refractivity contribution < 1.29 is 41.8 Å². The van der Waals surface area contributed by atoms with E-state index in [1.54, 1.807) is 12.4 Å². The molecule has 2 aromatic heterocycles. The third kappa shape index (κ3) is 6.15. The number of hydrogen-bond donors (Lipinski definition) is 1. The number of carbonyl (C=O) groups is 2. The van der Waals surface area contributed by atoms with Gasteiger partial charge in [-0.3, -0.25) is 9.78 Å². The number of aryl methyl sites for hydroxylation is 2. The van der Waals surface area contributed by atoms with Gasteiger partial charge in [0.15, 0.2) is 0 Å². The number of alkyl halides is 3. The number of pyridine rings is 1. The quantitative estimate of drug-likeness (QED) is 0.623. The molecule has 0 aliphatic carbocycles. The smallest absolute Gasteiger partial charge is 0.475 e. The number of carbonyl (C=O) groups excluding carboxylic acids is 1. The second kappa shape index (κ2) is 10.6. The second-order valence-corrected chi connectivity index (χ2v) is 8.39. The number of carboxylic acids is 1. The van der Waals surface area contributed by atoms with Crippen LogP contribution in [0.1, 0.15) is 40.3 Å². The molecule has 2 saturated heterocycles. The summed E-state index contributed by atoms with van der Waals surface area (Å²) in [4.78, 5) is 27.5. The molecule has 2 aliphatic rings. The Morgan fingerprint density at radius 1 is 1.26 bits per heavy atom. The predicted molar refractivity (Wildman–Crippen MR) is 113 cm³/mol. The van der Waals surface area contributed by atoms with Gasteiger partial charge in [0, 0.05) is 25.6 Å². The monoisotopic (exact) mass is 484 g/mol. The lowest BCUT2D eigenvalue weighted by Crippen LogP contribution is -2.66. The number of aromatic nitrogens is 1. The van der Waals surface area contributed by atoms with Crippen LogP contribution in [0.3, 0.4) is 0 Å². The zero-order valence-corrected chi connectivity index (χ0v) is 18.9. The number of carboxylic acid groups (broad SMARTS) is 1. The highest BCUT2D eigenvalue weighted by Gasteiger charge is 2.54. The van der Waals surface area contributed by atoms with Gasteiger partial charge in [-0.15, -0.1) is 0 Å². The number of furan rings is 1. The van der Waals surface area contributed by atoms with Crippen LogP contribution in [-0.4, -0.2) is 64.9 Å². The van der Waals surface area contributed by atoms with Crippen molar-refractivity contribution in [1.82, 2.24) is 9.88 Å². The molecule has 4 rings (SSSR count). The molecular formula is C23H27F3N2O6. The summed E-state index contributed by atoms with van der Waals surface area (Å²) in [5, 5.41) is 7.12. The Morgan fingerprint density at radius 3 is 2.47 bits per heavy atom. The number of halogens is 3. The molecule has 1 amide bonds. The van der Waals surface area contributed by atoms with Crippen LogP contribution in [0.2, 0.25) is 0 Å². The van der Waals surface area contributed by atoms with Gasteiger partial charge in [-0.05, 0) is 56.4 Å². The highest BCUT2D eigenvalue weighted by atomic mass is 19.4.